The summed E-state index contributed by atoms with van der Waals surface area (Å²) in [5, 5.41) is 2.73. The van der Waals surface area contributed by atoms with Gasteiger partial charge in [0.05, 0.1) is 19.8 Å². The van der Waals surface area contributed by atoms with Crippen LogP contribution in [0.4, 0.5) is 5.69 Å². The summed E-state index contributed by atoms with van der Waals surface area (Å²) in [5.74, 6) is -0.177. The van der Waals surface area contributed by atoms with Crippen molar-refractivity contribution in [2.75, 3.05) is 37.7 Å². The van der Waals surface area contributed by atoms with E-state index in [2.05, 4.69) is 10.2 Å². The molecule has 1 aliphatic rings. The molecule has 5 heteroatoms. The summed E-state index contributed by atoms with van der Waals surface area (Å²) in [4.78, 5) is 26.6. The van der Waals surface area contributed by atoms with Crippen molar-refractivity contribution in [2.24, 2.45) is 0 Å². The van der Waals surface area contributed by atoms with Gasteiger partial charge in [-0.3, -0.25) is 9.59 Å². The molecule has 0 aliphatic carbocycles. The molecule has 2 aromatic carbocycles. The first-order valence-electron chi connectivity index (χ1n) is 9.40. The number of anilines is 1. The molecule has 142 valence electrons. The molecule has 1 aliphatic heterocycles. The highest BCUT2D eigenvalue weighted by atomic mass is 16.5. The van der Waals surface area contributed by atoms with Gasteiger partial charge in [-0.1, -0.05) is 24.3 Å². The fourth-order valence-electron chi connectivity index (χ4n) is 3.19. The Hall–Kier alpha value is -2.66. The van der Waals surface area contributed by atoms with Gasteiger partial charge in [-0.2, -0.15) is 0 Å². The van der Waals surface area contributed by atoms with Crippen molar-refractivity contribution in [2.45, 2.75) is 19.8 Å². The Morgan fingerprint density at radius 1 is 1.04 bits per heavy atom. The lowest BCUT2D eigenvalue weighted by molar-refractivity contribution is -0.120. The Bertz CT molecular complexity index is 780. The molecular weight excluding hydrogens is 340 g/mol. The van der Waals surface area contributed by atoms with Gasteiger partial charge in [0.2, 0.25) is 5.91 Å². The van der Waals surface area contributed by atoms with Crippen LogP contribution in [-0.4, -0.2) is 44.5 Å². The monoisotopic (exact) mass is 366 g/mol. The molecule has 0 saturated carbocycles. The maximum Gasteiger partial charge on any atom is 0.220 e. The first-order valence-corrected chi connectivity index (χ1v) is 9.40. The van der Waals surface area contributed by atoms with Crippen LogP contribution in [0.1, 0.15) is 27.9 Å². The van der Waals surface area contributed by atoms with E-state index in [1.165, 1.54) is 5.56 Å². The summed E-state index contributed by atoms with van der Waals surface area (Å²) >= 11 is 0. The van der Waals surface area contributed by atoms with Gasteiger partial charge in [0.15, 0.2) is 5.78 Å². The third-order valence-corrected chi connectivity index (χ3v) is 4.89. The minimum Gasteiger partial charge on any atom is -0.378 e. The van der Waals surface area contributed by atoms with Gasteiger partial charge < -0.3 is 15.0 Å². The predicted molar refractivity (Wildman–Crippen MR) is 106 cm³/mol. The van der Waals surface area contributed by atoms with Crippen LogP contribution in [0, 0.1) is 6.92 Å². The first-order chi connectivity index (χ1) is 13.1. The highest BCUT2D eigenvalue weighted by Gasteiger charge is 2.13. The lowest BCUT2D eigenvalue weighted by Gasteiger charge is -2.28. The minimum absolute atomic E-state index is 0.0313. The zero-order chi connectivity index (χ0) is 19.1. The van der Waals surface area contributed by atoms with Gasteiger partial charge in [0.1, 0.15) is 0 Å². The molecule has 0 unspecified atom stereocenters. The van der Waals surface area contributed by atoms with Crippen LogP contribution in [-0.2, 0) is 16.0 Å². The third kappa shape index (κ3) is 5.41. The molecule has 0 bridgehead atoms. The van der Waals surface area contributed by atoms with E-state index in [1.807, 2.05) is 55.5 Å². The standard InChI is InChI=1S/C22H26N2O3/c1-17-4-2-3-5-18(17)8-11-22(26)23-16-21(25)19-6-9-20(10-7-19)24-12-14-27-15-13-24/h2-7,9-10H,8,11-16H2,1H3,(H,23,26). The van der Waals surface area contributed by atoms with Crippen molar-refractivity contribution in [3.05, 3.63) is 65.2 Å². The van der Waals surface area contributed by atoms with Crippen molar-refractivity contribution in [1.82, 2.24) is 5.32 Å². The van der Waals surface area contributed by atoms with Crippen LogP contribution in [0.5, 0.6) is 0 Å². The number of hydrogen-bond acceptors (Lipinski definition) is 4. The number of aryl methyl sites for hydroxylation is 2. The van der Waals surface area contributed by atoms with E-state index < -0.39 is 0 Å². The fourth-order valence-corrected chi connectivity index (χ4v) is 3.19. The second-order valence-corrected chi connectivity index (χ2v) is 6.77. The Kier molecular flexibility index (Phi) is 6.60. The Morgan fingerprint density at radius 3 is 2.44 bits per heavy atom. The van der Waals surface area contributed by atoms with Gasteiger partial charge in [0.25, 0.3) is 0 Å². The van der Waals surface area contributed by atoms with Gasteiger partial charge in [-0.15, -0.1) is 0 Å². The number of hydrogen-bond donors (Lipinski definition) is 1. The molecule has 1 saturated heterocycles. The molecular formula is C22H26N2O3. The van der Waals surface area contributed by atoms with Crippen LogP contribution in [0.2, 0.25) is 0 Å². The van der Waals surface area contributed by atoms with Gasteiger partial charge >= 0.3 is 0 Å². The average Bonchev–Trinajstić information content (AvgIpc) is 2.72. The molecule has 1 heterocycles. The number of carbonyl (C=O) groups excluding carboxylic acids is 2. The van der Waals surface area contributed by atoms with Crippen molar-refractivity contribution in [1.29, 1.82) is 0 Å². The number of rotatable bonds is 7. The van der Waals surface area contributed by atoms with E-state index in [9.17, 15) is 9.59 Å². The van der Waals surface area contributed by atoms with E-state index >= 15 is 0 Å². The van der Waals surface area contributed by atoms with Crippen LogP contribution in [0.3, 0.4) is 0 Å². The third-order valence-electron chi connectivity index (χ3n) is 4.89. The van der Waals surface area contributed by atoms with E-state index in [4.69, 9.17) is 4.74 Å². The fraction of sp³-hybridized carbons (Fsp3) is 0.364. The van der Waals surface area contributed by atoms with Crippen molar-refractivity contribution in [3.63, 3.8) is 0 Å². The maximum absolute atomic E-state index is 12.3. The smallest absolute Gasteiger partial charge is 0.220 e. The number of ether oxygens (including phenoxy) is 1. The molecule has 3 rings (SSSR count). The summed E-state index contributed by atoms with van der Waals surface area (Å²) in [6.07, 6.45) is 1.06. The van der Waals surface area contributed by atoms with Gasteiger partial charge in [-0.05, 0) is 48.7 Å². The van der Waals surface area contributed by atoms with Gasteiger partial charge in [-0.25, -0.2) is 0 Å². The average molecular weight is 366 g/mol. The second-order valence-electron chi connectivity index (χ2n) is 6.77. The van der Waals surface area contributed by atoms with E-state index in [-0.39, 0.29) is 18.2 Å². The number of amides is 1. The molecule has 2 aromatic rings. The Balaban J connectivity index is 1.45. The number of benzene rings is 2. The normalized spacial score (nSPS) is 14.0. The second kappa shape index (κ2) is 9.33. The number of Topliss-reactive ketones (excluding diaryl/α,β-unsaturated/α-hetero) is 1. The number of carbonyl (C=O) groups is 2. The molecule has 1 fully saturated rings. The number of morpholine rings is 1. The van der Waals surface area contributed by atoms with Crippen molar-refractivity contribution in [3.8, 4) is 0 Å². The molecule has 0 radical (unpaired) electrons. The predicted octanol–water partition coefficient (Wildman–Crippen LogP) is 2.76. The summed E-state index contributed by atoms with van der Waals surface area (Å²) in [6.45, 7) is 5.26. The largest absolute Gasteiger partial charge is 0.378 e. The lowest BCUT2D eigenvalue weighted by Crippen LogP contribution is -2.36. The topological polar surface area (TPSA) is 58.6 Å². The zero-order valence-electron chi connectivity index (χ0n) is 15.7. The minimum atomic E-state index is -0.100. The van der Waals surface area contributed by atoms with Crippen LogP contribution in [0.15, 0.2) is 48.5 Å². The maximum atomic E-state index is 12.3. The first kappa shape index (κ1) is 19.1. The number of ketones is 1. The summed E-state index contributed by atoms with van der Waals surface area (Å²) < 4.78 is 5.36. The highest BCUT2D eigenvalue weighted by Crippen LogP contribution is 2.17. The van der Waals surface area contributed by atoms with E-state index in [0.29, 0.717) is 18.4 Å². The summed E-state index contributed by atoms with van der Waals surface area (Å²) in [7, 11) is 0. The summed E-state index contributed by atoms with van der Waals surface area (Å²) in [5.41, 5.74) is 4.06. The molecule has 1 N–H and O–H groups in total. The molecule has 0 spiro atoms. The van der Waals surface area contributed by atoms with Crippen molar-refractivity contribution >= 4 is 17.4 Å². The van der Waals surface area contributed by atoms with Crippen LogP contribution < -0.4 is 10.2 Å². The molecule has 1 amide bonds. The molecule has 0 atom stereocenters. The SMILES string of the molecule is Cc1ccccc1CCC(=O)NCC(=O)c1ccc(N2CCOCC2)cc1. The quantitative estimate of drug-likeness (QED) is 0.766. The van der Waals surface area contributed by atoms with E-state index in [0.717, 1.165) is 37.6 Å². The Labute approximate surface area is 160 Å². The van der Waals surface area contributed by atoms with Crippen LogP contribution in [0.25, 0.3) is 0 Å². The Morgan fingerprint density at radius 2 is 1.74 bits per heavy atom. The number of nitrogens with zero attached hydrogens (tertiary/aromatic N) is 1. The van der Waals surface area contributed by atoms with E-state index in [1.54, 1.807) is 0 Å². The number of nitrogens with one attached hydrogen (secondary N) is 1. The lowest BCUT2D eigenvalue weighted by atomic mass is 10.0. The highest BCUT2D eigenvalue weighted by molar-refractivity contribution is 5.99. The van der Waals surface area contributed by atoms with Crippen LogP contribution >= 0.6 is 0 Å². The molecule has 0 aromatic heterocycles. The van der Waals surface area contributed by atoms with Crippen molar-refractivity contribution < 1.29 is 14.3 Å². The molecule has 27 heavy (non-hydrogen) atoms. The zero-order valence-corrected chi connectivity index (χ0v) is 15.7. The molecule has 5 nitrogen and oxygen atoms in total. The summed E-state index contributed by atoms with van der Waals surface area (Å²) in [6, 6.07) is 15.6. The van der Waals surface area contributed by atoms with Gasteiger partial charge in [0, 0.05) is 30.8 Å².